The van der Waals surface area contributed by atoms with E-state index in [1.54, 1.807) is 0 Å². The average molecular weight is 270 g/mol. The van der Waals surface area contributed by atoms with Crippen molar-refractivity contribution in [2.24, 2.45) is 0 Å². The van der Waals surface area contributed by atoms with E-state index < -0.39 is 0 Å². The molecule has 1 fully saturated rings. The molecule has 1 aliphatic heterocycles. The number of aryl methyl sites for hydroxylation is 1. The molecule has 1 saturated heterocycles. The molecule has 0 spiro atoms. The van der Waals surface area contributed by atoms with E-state index in [0.717, 1.165) is 29.5 Å². The summed E-state index contributed by atoms with van der Waals surface area (Å²) in [7, 11) is 1.37. The van der Waals surface area contributed by atoms with Gasteiger partial charge in [-0.3, -0.25) is 0 Å². The first-order chi connectivity index (χ1) is 8.54. The minimum absolute atomic E-state index is 0.101. The first-order valence-electron chi connectivity index (χ1n) is 5.96. The van der Waals surface area contributed by atoms with Crippen LogP contribution in [0.1, 0.15) is 35.1 Å². The SMILES string of the molecule is COC(=O)c1nc(NC2(C)CCCOC2)sc1C. The summed E-state index contributed by atoms with van der Waals surface area (Å²) in [4.78, 5) is 16.7. The van der Waals surface area contributed by atoms with E-state index >= 15 is 0 Å². The molecule has 1 aliphatic rings. The number of esters is 1. The zero-order valence-corrected chi connectivity index (χ0v) is 11.7. The van der Waals surface area contributed by atoms with Crippen molar-refractivity contribution >= 4 is 22.4 Å². The number of hydrogen-bond donors (Lipinski definition) is 1. The molecule has 0 aliphatic carbocycles. The standard InChI is InChI=1S/C12H18N2O3S/c1-8-9(10(15)16-3)13-11(18-8)14-12(2)5-4-6-17-7-12/h4-7H2,1-3H3,(H,13,14). The fourth-order valence-corrected chi connectivity index (χ4v) is 2.98. The molecule has 1 atom stereocenters. The van der Waals surface area contributed by atoms with Crippen LogP contribution in [0.2, 0.25) is 0 Å². The Balaban J connectivity index is 2.12. The van der Waals surface area contributed by atoms with Crippen molar-refractivity contribution in [3.05, 3.63) is 10.6 Å². The second-order valence-electron chi connectivity index (χ2n) is 4.76. The van der Waals surface area contributed by atoms with Gasteiger partial charge in [-0.05, 0) is 26.7 Å². The van der Waals surface area contributed by atoms with Crippen LogP contribution in [-0.2, 0) is 9.47 Å². The Morgan fingerprint density at radius 3 is 3.00 bits per heavy atom. The normalized spacial score (nSPS) is 23.7. The fraction of sp³-hybridized carbons (Fsp3) is 0.667. The van der Waals surface area contributed by atoms with Crippen LogP contribution in [0.5, 0.6) is 0 Å². The second-order valence-corrected chi connectivity index (χ2v) is 5.96. The first kappa shape index (κ1) is 13.3. The minimum atomic E-state index is -0.387. The van der Waals surface area contributed by atoms with Gasteiger partial charge < -0.3 is 14.8 Å². The number of thiazole rings is 1. The molecule has 100 valence electrons. The van der Waals surface area contributed by atoms with E-state index in [9.17, 15) is 4.79 Å². The Morgan fingerprint density at radius 1 is 1.61 bits per heavy atom. The van der Waals surface area contributed by atoms with Gasteiger partial charge in [0.25, 0.3) is 0 Å². The van der Waals surface area contributed by atoms with Crippen LogP contribution in [0.25, 0.3) is 0 Å². The second kappa shape index (κ2) is 5.24. The summed E-state index contributed by atoms with van der Waals surface area (Å²) in [5.41, 5.74) is 0.293. The molecular formula is C12H18N2O3S. The van der Waals surface area contributed by atoms with Crippen molar-refractivity contribution < 1.29 is 14.3 Å². The van der Waals surface area contributed by atoms with Gasteiger partial charge in [0.1, 0.15) is 0 Å². The van der Waals surface area contributed by atoms with Crippen molar-refractivity contribution in [3.63, 3.8) is 0 Å². The van der Waals surface area contributed by atoms with Crippen molar-refractivity contribution in [2.75, 3.05) is 25.6 Å². The lowest BCUT2D eigenvalue weighted by Gasteiger charge is -2.34. The number of rotatable bonds is 3. The summed E-state index contributed by atoms with van der Waals surface area (Å²) < 4.78 is 10.2. The number of aromatic nitrogens is 1. The zero-order chi connectivity index (χ0) is 13.2. The third kappa shape index (κ3) is 2.81. The van der Waals surface area contributed by atoms with E-state index in [1.165, 1.54) is 18.4 Å². The van der Waals surface area contributed by atoms with Crippen molar-refractivity contribution in [2.45, 2.75) is 32.2 Å². The van der Waals surface area contributed by atoms with Crippen molar-refractivity contribution in [3.8, 4) is 0 Å². The Morgan fingerprint density at radius 2 is 2.39 bits per heavy atom. The summed E-state index contributed by atoms with van der Waals surface area (Å²) >= 11 is 1.47. The number of anilines is 1. The van der Waals surface area contributed by atoms with Crippen LogP contribution < -0.4 is 5.32 Å². The Kier molecular flexibility index (Phi) is 3.87. The number of carbonyl (C=O) groups excluding carboxylic acids is 1. The van der Waals surface area contributed by atoms with Gasteiger partial charge in [0.05, 0.1) is 19.3 Å². The van der Waals surface area contributed by atoms with Gasteiger partial charge in [-0.15, -0.1) is 11.3 Å². The maximum atomic E-state index is 11.5. The minimum Gasteiger partial charge on any atom is -0.464 e. The topological polar surface area (TPSA) is 60.5 Å². The monoisotopic (exact) mass is 270 g/mol. The van der Waals surface area contributed by atoms with Gasteiger partial charge in [-0.25, -0.2) is 9.78 Å². The summed E-state index contributed by atoms with van der Waals surface area (Å²) in [5, 5.41) is 4.12. The summed E-state index contributed by atoms with van der Waals surface area (Å²) in [6.45, 7) is 5.47. The third-order valence-corrected chi connectivity index (χ3v) is 3.91. The molecular weight excluding hydrogens is 252 g/mol. The molecule has 2 heterocycles. The molecule has 5 nitrogen and oxygen atoms in total. The highest BCUT2D eigenvalue weighted by molar-refractivity contribution is 7.15. The Bertz CT molecular complexity index is 439. The molecule has 18 heavy (non-hydrogen) atoms. The lowest BCUT2D eigenvalue weighted by molar-refractivity contribution is 0.0539. The zero-order valence-electron chi connectivity index (χ0n) is 10.9. The quantitative estimate of drug-likeness (QED) is 0.853. The molecule has 1 unspecified atom stereocenters. The van der Waals surface area contributed by atoms with Gasteiger partial charge in [0, 0.05) is 11.5 Å². The molecule has 1 aromatic heterocycles. The maximum absolute atomic E-state index is 11.5. The fourth-order valence-electron chi connectivity index (χ4n) is 2.03. The number of carbonyl (C=O) groups is 1. The average Bonchev–Trinajstić information content (AvgIpc) is 2.69. The molecule has 0 bridgehead atoms. The Labute approximate surface area is 111 Å². The van der Waals surface area contributed by atoms with E-state index in [-0.39, 0.29) is 11.5 Å². The third-order valence-electron chi connectivity index (χ3n) is 3.02. The molecule has 2 rings (SSSR count). The van der Waals surface area contributed by atoms with Gasteiger partial charge >= 0.3 is 5.97 Å². The van der Waals surface area contributed by atoms with E-state index in [4.69, 9.17) is 9.47 Å². The van der Waals surface area contributed by atoms with Crippen LogP contribution in [-0.4, -0.2) is 36.8 Å². The molecule has 0 aromatic carbocycles. The van der Waals surface area contributed by atoms with Gasteiger partial charge in [-0.2, -0.15) is 0 Å². The molecule has 1 N–H and O–H groups in total. The van der Waals surface area contributed by atoms with E-state index in [1.807, 2.05) is 6.92 Å². The lowest BCUT2D eigenvalue weighted by atomic mass is 9.95. The van der Waals surface area contributed by atoms with Crippen LogP contribution in [0.3, 0.4) is 0 Å². The van der Waals surface area contributed by atoms with E-state index in [2.05, 4.69) is 17.2 Å². The smallest absolute Gasteiger partial charge is 0.357 e. The Hall–Kier alpha value is -1.14. The van der Waals surface area contributed by atoms with Crippen LogP contribution in [0.15, 0.2) is 0 Å². The number of methoxy groups -OCH3 is 1. The number of hydrogen-bond acceptors (Lipinski definition) is 6. The number of nitrogens with zero attached hydrogens (tertiary/aromatic N) is 1. The van der Waals surface area contributed by atoms with Crippen molar-refractivity contribution in [1.29, 1.82) is 0 Å². The van der Waals surface area contributed by atoms with Crippen LogP contribution >= 0.6 is 11.3 Å². The molecule has 1 aromatic rings. The van der Waals surface area contributed by atoms with Crippen LogP contribution in [0, 0.1) is 6.92 Å². The van der Waals surface area contributed by atoms with Gasteiger partial charge in [-0.1, -0.05) is 0 Å². The lowest BCUT2D eigenvalue weighted by Crippen LogP contribution is -2.43. The van der Waals surface area contributed by atoms with Crippen molar-refractivity contribution in [1.82, 2.24) is 4.98 Å². The highest BCUT2D eigenvalue weighted by atomic mass is 32.1. The molecule has 0 radical (unpaired) electrons. The number of nitrogens with one attached hydrogen (secondary N) is 1. The maximum Gasteiger partial charge on any atom is 0.357 e. The molecule has 6 heteroatoms. The van der Waals surface area contributed by atoms with Crippen LogP contribution in [0.4, 0.5) is 5.13 Å². The highest BCUT2D eigenvalue weighted by Crippen LogP contribution is 2.28. The number of ether oxygens (including phenoxy) is 2. The predicted molar refractivity (Wildman–Crippen MR) is 70.3 cm³/mol. The summed E-state index contributed by atoms with van der Waals surface area (Å²) in [5.74, 6) is -0.387. The highest BCUT2D eigenvalue weighted by Gasteiger charge is 2.29. The first-order valence-corrected chi connectivity index (χ1v) is 6.77. The van der Waals surface area contributed by atoms with Gasteiger partial charge in [0.2, 0.25) is 0 Å². The summed E-state index contributed by atoms with van der Waals surface area (Å²) in [6, 6.07) is 0. The summed E-state index contributed by atoms with van der Waals surface area (Å²) in [6.07, 6.45) is 2.08. The largest absolute Gasteiger partial charge is 0.464 e. The molecule has 0 amide bonds. The van der Waals surface area contributed by atoms with E-state index in [0.29, 0.717) is 12.3 Å². The predicted octanol–water partition coefficient (Wildman–Crippen LogP) is 2.22. The molecule has 0 saturated carbocycles. The van der Waals surface area contributed by atoms with Gasteiger partial charge in [0.15, 0.2) is 10.8 Å².